The zero-order valence-electron chi connectivity index (χ0n) is 43.5. The maximum Gasteiger partial charge on any atom is 0.197 e. The molecule has 0 unspecified atom stereocenters. The van der Waals surface area contributed by atoms with Gasteiger partial charge >= 0.3 is 0 Å². The number of para-hydroxylation sites is 1. The highest BCUT2D eigenvalue weighted by molar-refractivity contribution is 6.73. The van der Waals surface area contributed by atoms with Crippen molar-refractivity contribution < 1.29 is 4.42 Å². The van der Waals surface area contributed by atoms with Gasteiger partial charge in [-0.2, -0.15) is 0 Å². The van der Waals surface area contributed by atoms with Crippen LogP contribution in [-0.2, 0) is 27.1 Å². The third kappa shape index (κ3) is 5.80. The fraction of sp³-hybridized carbons (Fsp3) is 0.284. The lowest BCUT2D eigenvalue weighted by atomic mass is 9.58. The van der Waals surface area contributed by atoms with Gasteiger partial charge in [0.1, 0.15) is 11.2 Å². The Labute approximate surface area is 419 Å². The van der Waals surface area contributed by atoms with Crippen LogP contribution in [0.2, 0.25) is 0 Å². The molecule has 0 saturated heterocycles. The maximum absolute atomic E-state index is 6.64. The number of rotatable bonds is 3. The van der Waals surface area contributed by atoms with E-state index in [9.17, 15) is 0 Å². The largest absolute Gasteiger partial charge is 0.456 e. The quantitative estimate of drug-likeness (QED) is 0.179. The van der Waals surface area contributed by atoms with Crippen molar-refractivity contribution in [2.24, 2.45) is 0 Å². The number of furan rings is 1. The number of hydrogen-bond acceptors (Lipinski definition) is 2. The zero-order valence-corrected chi connectivity index (χ0v) is 43.5. The highest BCUT2D eigenvalue weighted by Gasteiger charge is 2.44. The maximum atomic E-state index is 6.64. The van der Waals surface area contributed by atoms with Crippen LogP contribution in [0.15, 0.2) is 132 Å². The van der Waals surface area contributed by atoms with Gasteiger partial charge in [0.05, 0.1) is 5.52 Å². The molecule has 71 heavy (non-hydrogen) atoms. The highest BCUT2D eigenvalue weighted by Crippen LogP contribution is 2.57. The van der Waals surface area contributed by atoms with Gasteiger partial charge in [-0.05, 0) is 168 Å². The Hall–Kier alpha value is -6.78. The van der Waals surface area contributed by atoms with E-state index >= 15 is 0 Å². The molecule has 1 aliphatic heterocycles. The number of hydrogen-bond donors (Lipinski definition) is 1. The van der Waals surface area contributed by atoms with Crippen molar-refractivity contribution in [3.63, 3.8) is 0 Å². The van der Waals surface area contributed by atoms with Crippen LogP contribution in [0.4, 0.5) is 11.4 Å². The van der Waals surface area contributed by atoms with Crippen molar-refractivity contribution in [1.29, 1.82) is 0 Å². The second-order valence-corrected chi connectivity index (χ2v) is 25.2. The molecular formula is C67H62BN2O. The third-order valence-corrected chi connectivity index (χ3v) is 18.1. The standard InChI is InChI=1S/C67H62BN2O/c1-36-27-46(44-28-41-42-29-52-53(65(7,8)26-25-64(52,5)6)33-49(42)67(11,12)50(41)34-55(44)69-38-23-21-37(22-24-38)63(2,3)4)61-62-60(36)47-32-59-45(40-18-14-16-20-58(40)71-59)31-56(47)70(62)57-35-51-43(30-54(57)68-61)39-17-13-15-19-48(39)66(51,9)10/h13-24,27-35,69H,25-26H2,1-12H3. The van der Waals surface area contributed by atoms with Crippen molar-refractivity contribution in [1.82, 2.24) is 4.57 Å². The van der Waals surface area contributed by atoms with Gasteiger partial charge in [0.2, 0.25) is 0 Å². The van der Waals surface area contributed by atoms with E-state index in [1.807, 2.05) is 0 Å². The van der Waals surface area contributed by atoms with Gasteiger partial charge in [-0.15, -0.1) is 0 Å². The molecule has 0 atom stereocenters. The van der Waals surface area contributed by atoms with E-state index in [2.05, 4.69) is 228 Å². The molecule has 0 amide bonds. The van der Waals surface area contributed by atoms with E-state index in [0.717, 1.165) is 33.3 Å². The molecule has 1 N–H and O–H groups in total. The summed E-state index contributed by atoms with van der Waals surface area (Å²) in [6, 6.07) is 49.2. The van der Waals surface area contributed by atoms with E-state index in [4.69, 9.17) is 4.42 Å². The summed E-state index contributed by atoms with van der Waals surface area (Å²) < 4.78 is 9.26. The van der Waals surface area contributed by atoms with Crippen LogP contribution in [0.3, 0.4) is 0 Å². The molecule has 0 spiro atoms. The Kier molecular flexibility index (Phi) is 8.36. The number of nitrogens with one attached hydrogen (secondary N) is 1. The first kappa shape index (κ1) is 43.0. The fourth-order valence-corrected chi connectivity index (χ4v) is 13.9. The topological polar surface area (TPSA) is 30.1 Å². The van der Waals surface area contributed by atoms with Crippen LogP contribution < -0.4 is 16.2 Å². The number of nitrogens with zero attached hydrogens (tertiary/aromatic N) is 1. The molecular weight excluding hydrogens is 860 g/mol. The molecule has 10 aromatic rings. The molecule has 4 aliphatic rings. The van der Waals surface area contributed by atoms with E-state index in [0.29, 0.717) is 0 Å². The zero-order chi connectivity index (χ0) is 49.1. The minimum atomic E-state index is -0.195. The second-order valence-electron chi connectivity index (χ2n) is 25.2. The molecule has 4 heteroatoms. The van der Waals surface area contributed by atoms with Crippen molar-refractivity contribution in [2.45, 2.75) is 123 Å². The molecule has 3 nitrogen and oxygen atoms in total. The summed E-state index contributed by atoms with van der Waals surface area (Å²) in [5.74, 6) is 0. The third-order valence-electron chi connectivity index (χ3n) is 18.1. The van der Waals surface area contributed by atoms with E-state index in [1.165, 1.54) is 129 Å². The average molecular weight is 922 g/mol. The van der Waals surface area contributed by atoms with Crippen molar-refractivity contribution in [3.05, 3.63) is 172 Å². The van der Waals surface area contributed by atoms with Crippen LogP contribution in [0.5, 0.6) is 0 Å². The number of aryl methyl sites for hydroxylation is 1. The summed E-state index contributed by atoms with van der Waals surface area (Å²) in [4.78, 5) is 0. The van der Waals surface area contributed by atoms with Gasteiger partial charge in [-0.1, -0.05) is 154 Å². The predicted octanol–water partition coefficient (Wildman–Crippen LogP) is 16.6. The normalized spacial score (nSPS) is 17.2. The monoisotopic (exact) mass is 921 g/mol. The Morgan fingerprint density at radius 3 is 1.94 bits per heavy atom. The summed E-state index contributed by atoms with van der Waals surface area (Å²) in [6.45, 7) is 28.7. The summed E-state index contributed by atoms with van der Waals surface area (Å²) in [5.41, 5.74) is 29.3. The SMILES string of the molecule is Cc1cc(-c2cc3c(cc2Nc2ccc(C(C)(C)C)cc2)C(C)(C)c2cc4c(cc2-3)C(C)(C)CCC4(C)C)c2c3c1c1cc4oc5ccccc5c4cc1n3-c1cc3c(cc1[B]2)-c1ccccc1C3(C)C. The van der Waals surface area contributed by atoms with Crippen LogP contribution >= 0.6 is 0 Å². The van der Waals surface area contributed by atoms with Gasteiger partial charge in [0, 0.05) is 60.5 Å². The Balaban J connectivity index is 1.07. The molecule has 2 aromatic heterocycles. The Morgan fingerprint density at radius 2 is 1.18 bits per heavy atom. The van der Waals surface area contributed by atoms with Gasteiger partial charge in [-0.3, -0.25) is 0 Å². The summed E-state index contributed by atoms with van der Waals surface area (Å²) in [7, 11) is 2.52. The van der Waals surface area contributed by atoms with Gasteiger partial charge < -0.3 is 14.3 Å². The first-order valence-electron chi connectivity index (χ1n) is 26.0. The van der Waals surface area contributed by atoms with Crippen LogP contribution in [0.1, 0.15) is 134 Å². The van der Waals surface area contributed by atoms with Crippen molar-refractivity contribution in [2.75, 3.05) is 5.32 Å². The van der Waals surface area contributed by atoms with Crippen LogP contribution in [-0.4, -0.2) is 11.8 Å². The smallest absolute Gasteiger partial charge is 0.197 e. The summed E-state index contributed by atoms with van der Waals surface area (Å²) in [6.07, 6.45) is 2.38. The van der Waals surface area contributed by atoms with Crippen LogP contribution in [0, 0.1) is 6.92 Å². The molecule has 0 fully saturated rings. The number of aromatic nitrogens is 1. The van der Waals surface area contributed by atoms with E-state index in [1.54, 1.807) is 0 Å². The first-order chi connectivity index (χ1) is 33.7. The first-order valence-corrected chi connectivity index (χ1v) is 26.0. The van der Waals surface area contributed by atoms with Crippen LogP contribution in [0.25, 0.3) is 82.8 Å². The molecule has 349 valence electrons. The lowest BCUT2D eigenvalue weighted by Crippen LogP contribution is -2.38. The van der Waals surface area contributed by atoms with E-state index in [-0.39, 0.29) is 27.1 Å². The molecule has 0 bridgehead atoms. The summed E-state index contributed by atoms with van der Waals surface area (Å²) >= 11 is 0. The van der Waals surface area contributed by atoms with E-state index < -0.39 is 0 Å². The second kappa shape index (κ2) is 13.8. The van der Waals surface area contributed by atoms with Crippen molar-refractivity contribution in [3.8, 4) is 39.1 Å². The minimum Gasteiger partial charge on any atom is -0.456 e. The summed E-state index contributed by atoms with van der Waals surface area (Å²) in [5, 5.41) is 8.87. The number of fused-ring (bicyclic) bond motifs is 15. The van der Waals surface area contributed by atoms with Crippen molar-refractivity contribution >= 4 is 73.3 Å². The molecule has 14 rings (SSSR count). The average Bonchev–Trinajstić information content (AvgIpc) is 4.00. The van der Waals surface area contributed by atoms with Gasteiger partial charge in [-0.25, -0.2) is 0 Å². The lowest BCUT2D eigenvalue weighted by Gasteiger charge is -2.42. The van der Waals surface area contributed by atoms with Gasteiger partial charge in [0.15, 0.2) is 7.28 Å². The molecule has 1 radical (unpaired) electrons. The number of anilines is 2. The number of benzene rings is 8. The molecule has 8 aromatic carbocycles. The minimum absolute atomic E-state index is 0.0587. The molecule has 0 saturated carbocycles. The Morgan fingerprint density at radius 1 is 0.535 bits per heavy atom. The Bertz CT molecular complexity index is 4030. The van der Waals surface area contributed by atoms with Gasteiger partial charge in [0.25, 0.3) is 0 Å². The lowest BCUT2D eigenvalue weighted by molar-refractivity contribution is 0.331. The molecule has 3 aliphatic carbocycles. The predicted molar refractivity (Wildman–Crippen MR) is 302 cm³/mol. The molecule has 3 heterocycles. The fourth-order valence-electron chi connectivity index (χ4n) is 13.9. The highest BCUT2D eigenvalue weighted by atomic mass is 16.3.